The lowest BCUT2D eigenvalue weighted by molar-refractivity contribution is 0.886. The van der Waals surface area contributed by atoms with Crippen LogP contribution in [0.5, 0.6) is 0 Å². The largest absolute Gasteiger partial charge is 0.270 e. The van der Waals surface area contributed by atoms with Crippen LogP contribution in [-0.2, 0) is 5.75 Å². The third-order valence-corrected chi connectivity index (χ3v) is 5.80. The third kappa shape index (κ3) is 3.87. The van der Waals surface area contributed by atoms with E-state index < -0.39 is 0 Å². The molecule has 4 rings (SSSR count). The van der Waals surface area contributed by atoms with Gasteiger partial charge in [0.05, 0.1) is 0 Å². The Morgan fingerprint density at radius 2 is 1.50 bits per heavy atom. The van der Waals surface area contributed by atoms with Crippen LogP contribution in [0.2, 0.25) is 0 Å². The molecule has 0 bridgehead atoms. The molecule has 28 heavy (non-hydrogen) atoms. The van der Waals surface area contributed by atoms with Crippen LogP contribution in [0.3, 0.4) is 0 Å². The Morgan fingerprint density at radius 3 is 2.25 bits per heavy atom. The van der Waals surface area contributed by atoms with Crippen LogP contribution in [0, 0.1) is 20.8 Å². The molecule has 3 aromatic carbocycles. The third-order valence-electron chi connectivity index (χ3n) is 4.82. The Bertz CT molecular complexity index is 1080. The van der Waals surface area contributed by atoms with E-state index in [9.17, 15) is 0 Å². The predicted octanol–water partition coefficient (Wildman–Crippen LogP) is 6.15. The molecule has 0 aliphatic rings. The van der Waals surface area contributed by atoms with Gasteiger partial charge in [-0.05, 0) is 44.0 Å². The summed E-state index contributed by atoms with van der Waals surface area (Å²) in [6, 6.07) is 25.4. The summed E-state index contributed by atoms with van der Waals surface area (Å²) in [5.41, 5.74) is 7.31. The second-order valence-electron chi connectivity index (χ2n) is 7.06. The van der Waals surface area contributed by atoms with E-state index in [1.165, 1.54) is 22.3 Å². The molecule has 1 aromatic heterocycles. The summed E-state index contributed by atoms with van der Waals surface area (Å²) >= 11 is 1.73. The highest BCUT2D eigenvalue weighted by Gasteiger charge is 2.16. The molecule has 1 heterocycles. The first-order valence-corrected chi connectivity index (χ1v) is 10.4. The first-order valence-electron chi connectivity index (χ1n) is 9.38. The fourth-order valence-electron chi connectivity index (χ4n) is 3.16. The van der Waals surface area contributed by atoms with Crippen molar-refractivity contribution in [3.63, 3.8) is 0 Å². The molecular weight excluding hydrogens is 362 g/mol. The van der Waals surface area contributed by atoms with Gasteiger partial charge in [-0.3, -0.25) is 4.57 Å². The summed E-state index contributed by atoms with van der Waals surface area (Å²) in [5.74, 6) is 1.74. The average molecular weight is 386 g/mol. The molecule has 0 atom stereocenters. The molecule has 0 radical (unpaired) electrons. The zero-order valence-electron chi connectivity index (χ0n) is 16.4. The van der Waals surface area contributed by atoms with Crippen LogP contribution in [0.15, 0.2) is 78.0 Å². The van der Waals surface area contributed by atoms with E-state index in [-0.39, 0.29) is 0 Å². The Labute approximate surface area is 170 Å². The monoisotopic (exact) mass is 385 g/mol. The molecule has 0 saturated carbocycles. The first kappa shape index (κ1) is 18.5. The molecule has 0 amide bonds. The minimum Gasteiger partial charge on any atom is -0.270 e. The molecule has 4 aromatic rings. The van der Waals surface area contributed by atoms with E-state index in [1.807, 2.05) is 18.2 Å². The highest BCUT2D eigenvalue weighted by atomic mass is 32.2. The molecule has 0 saturated heterocycles. The summed E-state index contributed by atoms with van der Waals surface area (Å²) in [6.07, 6.45) is 0. The SMILES string of the molecule is Cc1ccc(-c2nnc(SCc3cc(C)ccc3C)n2-c2ccccc2)cc1. The van der Waals surface area contributed by atoms with E-state index in [2.05, 4.69) is 90.1 Å². The second kappa shape index (κ2) is 8.03. The van der Waals surface area contributed by atoms with Gasteiger partial charge in [-0.15, -0.1) is 10.2 Å². The lowest BCUT2D eigenvalue weighted by atomic mass is 10.1. The Balaban J connectivity index is 1.73. The van der Waals surface area contributed by atoms with Crippen LogP contribution in [0.4, 0.5) is 0 Å². The molecule has 0 N–H and O–H groups in total. The molecule has 0 fully saturated rings. The van der Waals surface area contributed by atoms with Crippen LogP contribution >= 0.6 is 11.8 Å². The molecule has 3 nitrogen and oxygen atoms in total. The molecule has 140 valence electrons. The van der Waals surface area contributed by atoms with Crippen molar-refractivity contribution in [2.45, 2.75) is 31.7 Å². The Kier molecular flexibility index (Phi) is 5.31. The van der Waals surface area contributed by atoms with Crippen molar-refractivity contribution < 1.29 is 0 Å². The van der Waals surface area contributed by atoms with Crippen LogP contribution < -0.4 is 0 Å². The lowest BCUT2D eigenvalue weighted by Gasteiger charge is -2.11. The van der Waals surface area contributed by atoms with Gasteiger partial charge in [0.25, 0.3) is 0 Å². The van der Waals surface area contributed by atoms with Gasteiger partial charge in [0.15, 0.2) is 11.0 Å². The van der Waals surface area contributed by atoms with Gasteiger partial charge in [-0.2, -0.15) is 0 Å². The number of nitrogens with zero attached hydrogens (tertiary/aromatic N) is 3. The van der Waals surface area contributed by atoms with Gasteiger partial charge in [-0.25, -0.2) is 0 Å². The predicted molar refractivity (Wildman–Crippen MR) is 117 cm³/mol. The summed E-state index contributed by atoms with van der Waals surface area (Å²) in [6.45, 7) is 6.39. The fourth-order valence-corrected chi connectivity index (χ4v) is 4.18. The topological polar surface area (TPSA) is 30.7 Å². The zero-order valence-corrected chi connectivity index (χ0v) is 17.2. The fraction of sp³-hybridized carbons (Fsp3) is 0.167. The number of thioether (sulfide) groups is 1. The van der Waals surface area contributed by atoms with Crippen molar-refractivity contribution in [3.05, 3.63) is 95.1 Å². The van der Waals surface area contributed by atoms with Gasteiger partial charge in [0, 0.05) is 17.0 Å². The van der Waals surface area contributed by atoms with E-state index in [0.29, 0.717) is 0 Å². The highest BCUT2D eigenvalue weighted by Crippen LogP contribution is 2.30. The smallest absolute Gasteiger partial charge is 0.196 e. The maximum Gasteiger partial charge on any atom is 0.196 e. The van der Waals surface area contributed by atoms with Crippen molar-refractivity contribution in [2.24, 2.45) is 0 Å². The van der Waals surface area contributed by atoms with Crippen LogP contribution in [0.25, 0.3) is 17.1 Å². The zero-order chi connectivity index (χ0) is 19.5. The molecule has 0 unspecified atom stereocenters. The van der Waals surface area contributed by atoms with Crippen molar-refractivity contribution in [2.75, 3.05) is 0 Å². The normalized spacial score (nSPS) is 11.0. The Hall–Kier alpha value is -2.85. The summed E-state index contributed by atoms with van der Waals surface area (Å²) in [4.78, 5) is 0. The van der Waals surface area contributed by atoms with Gasteiger partial charge in [-0.1, -0.05) is 83.6 Å². The number of hydrogen-bond donors (Lipinski definition) is 0. The second-order valence-corrected chi connectivity index (χ2v) is 8.00. The van der Waals surface area contributed by atoms with Gasteiger partial charge in [0.1, 0.15) is 0 Å². The van der Waals surface area contributed by atoms with Crippen molar-refractivity contribution in [3.8, 4) is 17.1 Å². The number of hydrogen-bond acceptors (Lipinski definition) is 3. The van der Waals surface area contributed by atoms with Gasteiger partial charge < -0.3 is 0 Å². The number of benzene rings is 3. The standard InChI is InChI=1S/C24H23N3S/c1-17-10-13-20(14-11-17)23-25-26-24(27(23)22-7-5-4-6-8-22)28-16-21-15-18(2)9-12-19(21)3/h4-15H,16H2,1-3H3. The molecule has 4 heteroatoms. The quantitative estimate of drug-likeness (QED) is 0.386. The number of aromatic nitrogens is 3. The lowest BCUT2D eigenvalue weighted by Crippen LogP contribution is -2.00. The molecule has 0 aliphatic heterocycles. The maximum atomic E-state index is 4.54. The van der Waals surface area contributed by atoms with Crippen LogP contribution in [0.1, 0.15) is 22.3 Å². The van der Waals surface area contributed by atoms with Crippen molar-refractivity contribution in [1.29, 1.82) is 0 Å². The summed E-state index contributed by atoms with van der Waals surface area (Å²) < 4.78 is 2.15. The first-order chi connectivity index (χ1) is 13.6. The van der Waals surface area contributed by atoms with Gasteiger partial charge in [0.2, 0.25) is 0 Å². The highest BCUT2D eigenvalue weighted by molar-refractivity contribution is 7.98. The number of para-hydroxylation sites is 1. The molecule has 0 spiro atoms. The van der Waals surface area contributed by atoms with E-state index in [1.54, 1.807) is 11.8 Å². The summed E-state index contributed by atoms with van der Waals surface area (Å²) in [5, 5.41) is 9.98. The molecular formula is C24H23N3S. The number of aryl methyl sites for hydroxylation is 3. The summed E-state index contributed by atoms with van der Waals surface area (Å²) in [7, 11) is 0. The van der Waals surface area contributed by atoms with Crippen molar-refractivity contribution in [1.82, 2.24) is 14.8 Å². The minimum atomic E-state index is 0.867. The van der Waals surface area contributed by atoms with E-state index in [0.717, 1.165) is 28.0 Å². The Morgan fingerprint density at radius 1 is 0.786 bits per heavy atom. The molecule has 0 aliphatic carbocycles. The van der Waals surface area contributed by atoms with Gasteiger partial charge >= 0.3 is 0 Å². The van der Waals surface area contributed by atoms with E-state index >= 15 is 0 Å². The average Bonchev–Trinajstić information content (AvgIpc) is 3.14. The maximum absolute atomic E-state index is 4.54. The number of rotatable bonds is 5. The van der Waals surface area contributed by atoms with Crippen molar-refractivity contribution >= 4 is 11.8 Å². The minimum absolute atomic E-state index is 0.867. The van der Waals surface area contributed by atoms with Crippen LogP contribution in [-0.4, -0.2) is 14.8 Å². The van der Waals surface area contributed by atoms with E-state index in [4.69, 9.17) is 0 Å².